The molecule has 0 heterocycles. The Morgan fingerprint density at radius 1 is 1.04 bits per heavy atom. The summed E-state index contributed by atoms with van der Waals surface area (Å²) in [6.07, 6.45) is 0.133. The molecule has 0 atom stereocenters. The summed E-state index contributed by atoms with van der Waals surface area (Å²) in [4.78, 5) is 36.0. The van der Waals surface area contributed by atoms with Gasteiger partial charge >= 0.3 is 5.97 Å². The third-order valence-electron chi connectivity index (χ3n) is 3.19. The number of carbonyl (C=O) groups excluding carboxylic acids is 3. The van der Waals surface area contributed by atoms with Crippen LogP contribution in [-0.4, -0.2) is 30.1 Å². The Kier molecular flexibility index (Phi) is 8.63. The molecule has 2 rings (SSSR count). The molecular formula is C18H16BrClN2O4S. The van der Waals surface area contributed by atoms with Gasteiger partial charge in [0.2, 0.25) is 0 Å². The summed E-state index contributed by atoms with van der Waals surface area (Å²) >= 11 is 10.7. The number of thioether (sulfide) groups is 1. The SMILES string of the molecule is O=C(COC(=O)CCSc1ccccc1Cl)NNC(=O)c1ccc(Br)cc1. The van der Waals surface area contributed by atoms with E-state index in [-0.39, 0.29) is 6.42 Å². The summed E-state index contributed by atoms with van der Waals surface area (Å²) in [6.45, 7) is -0.476. The fourth-order valence-electron chi connectivity index (χ4n) is 1.86. The van der Waals surface area contributed by atoms with Crippen LogP contribution in [0.4, 0.5) is 0 Å². The second-order valence-corrected chi connectivity index (χ2v) is 7.66. The van der Waals surface area contributed by atoms with Gasteiger partial charge in [0.1, 0.15) is 0 Å². The number of amides is 2. The number of carbonyl (C=O) groups is 3. The Hall–Kier alpha value is -2.03. The van der Waals surface area contributed by atoms with E-state index in [1.165, 1.54) is 11.8 Å². The van der Waals surface area contributed by atoms with Crippen LogP contribution in [0.5, 0.6) is 0 Å². The third-order valence-corrected chi connectivity index (χ3v) is 5.23. The van der Waals surface area contributed by atoms with Crippen molar-refractivity contribution < 1.29 is 19.1 Å². The minimum atomic E-state index is -0.632. The van der Waals surface area contributed by atoms with Gasteiger partial charge in [0.05, 0.1) is 11.4 Å². The van der Waals surface area contributed by atoms with E-state index in [0.29, 0.717) is 16.3 Å². The number of rotatable bonds is 7. The molecule has 0 aromatic heterocycles. The largest absolute Gasteiger partial charge is 0.455 e. The molecule has 0 saturated heterocycles. The van der Waals surface area contributed by atoms with Crippen molar-refractivity contribution >= 4 is 57.1 Å². The van der Waals surface area contributed by atoms with Crippen molar-refractivity contribution in [2.24, 2.45) is 0 Å². The average Bonchev–Trinajstić information content (AvgIpc) is 2.66. The number of halogens is 2. The van der Waals surface area contributed by atoms with Crippen LogP contribution < -0.4 is 10.9 Å². The minimum absolute atomic E-state index is 0.133. The van der Waals surface area contributed by atoms with Crippen LogP contribution in [0, 0.1) is 0 Å². The Morgan fingerprint density at radius 3 is 2.44 bits per heavy atom. The predicted molar refractivity (Wildman–Crippen MR) is 108 cm³/mol. The van der Waals surface area contributed by atoms with Gasteiger partial charge in [-0.25, -0.2) is 0 Å². The number of benzene rings is 2. The molecule has 27 heavy (non-hydrogen) atoms. The maximum atomic E-state index is 11.8. The molecule has 142 valence electrons. The maximum Gasteiger partial charge on any atom is 0.307 e. The second-order valence-electron chi connectivity index (χ2n) is 5.20. The van der Waals surface area contributed by atoms with E-state index in [1.54, 1.807) is 30.3 Å². The van der Waals surface area contributed by atoms with E-state index in [2.05, 4.69) is 26.8 Å². The fourth-order valence-corrected chi connectivity index (χ4v) is 3.29. The number of nitrogens with one attached hydrogen (secondary N) is 2. The highest BCUT2D eigenvalue weighted by atomic mass is 79.9. The van der Waals surface area contributed by atoms with Crippen molar-refractivity contribution in [2.45, 2.75) is 11.3 Å². The van der Waals surface area contributed by atoms with Crippen LogP contribution in [-0.2, 0) is 14.3 Å². The topological polar surface area (TPSA) is 84.5 Å². The van der Waals surface area contributed by atoms with Gasteiger partial charge in [0.25, 0.3) is 11.8 Å². The molecule has 0 fully saturated rings. The predicted octanol–water partition coefficient (Wildman–Crippen LogP) is 3.59. The first-order chi connectivity index (χ1) is 13.0. The number of hydrogen-bond acceptors (Lipinski definition) is 5. The lowest BCUT2D eigenvalue weighted by Crippen LogP contribution is -2.43. The molecule has 9 heteroatoms. The fraction of sp³-hybridized carbons (Fsp3) is 0.167. The van der Waals surface area contributed by atoms with E-state index in [0.717, 1.165) is 9.37 Å². The highest BCUT2D eigenvalue weighted by Crippen LogP contribution is 2.26. The lowest BCUT2D eigenvalue weighted by molar-refractivity contribution is -0.148. The van der Waals surface area contributed by atoms with Crippen molar-refractivity contribution in [3.05, 3.63) is 63.6 Å². The van der Waals surface area contributed by atoms with Crippen LogP contribution in [0.15, 0.2) is 57.9 Å². The van der Waals surface area contributed by atoms with Crippen molar-refractivity contribution in [2.75, 3.05) is 12.4 Å². The zero-order chi connectivity index (χ0) is 19.6. The minimum Gasteiger partial charge on any atom is -0.455 e. The van der Waals surface area contributed by atoms with Gasteiger partial charge in [-0.3, -0.25) is 25.2 Å². The molecule has 0 aliphatic carbocycles. The summed E-state index contributed by atoms with van der Waals surface area (Å²) in [6, 6.07) is 13.9. The molecule has 0 spiro atoms. The Labute approximate surface area is 174 Å². The number of esters is 1. The van der Waals surface area contributed by atoms with Gasteiger partial charge in [0, 0.05) is 20.7 Å². The number of hydrogen-bond donors (Lipinski definition) is 2. The van der Waals surface area contributed by atoms with Crippen LogP contribution >= 0.6 is 39.3 Å². The highest BCUT2D eigenvalue weighted by Gasteiger charge is 2.10. The third kappa shape index (κ3) is 7.62. The average molecular weight is 472 g/mol. The number of hydrazine groups is 1. The second kappa shape index (κ2) is 11.0. The molecule has 2 amide bonds. The maximum absolute atomic E-state index is 11.8. The zero-order valence-electron chi connectivity index (χ0n) is 14.0. The lowest BCUT2D eigenvalue weighted by Gasteiger charge is -2.08. The Balaban J connectivity index is 1.63. The molecule has 2 aromatic rings. The molecule has 0 aliphatic rings. The first-order valence-corrected chi connectivity index (χ1v) is 9.99. The van der Waals surface area contributed by atoms with Crippen molar-refractivity contribution in [1.82, 2.24) is 10.9 Å². The van der Waals surface area contributed by atoms with Crippen LogP contribution in [0.2, 0.25) is 5.02 Å². The quantitative estimate of drug-likeness (QED) is 0.366. The highest BCUT2D eigenvalue weighted by molar-refractivity contribution is 9.10. The normalized spacial score (nSPS) is 10.1. The van der Waals surface area contributed by atoms with E-state index < -0.39 is 24.4 Å². The Bertz CT molecular complexity index is 817. The number of ether oxygens (including phenoxy) is 1. The lowest BCUT2D eigenvalue weighted by atomic mass is 10.2. The molecule has 0 aliphatic heterocycles. The summed E-state index contributed by atoms with van der Waals surface area (Å²) in [5.41, 5.74) is 4.82. The van der Waals surface area contributed by atoms with E-state index in [9.17, 15) is 14.4 Å². The van der Waals surface area contributed by atoms with E-state index in [1.807, 2.05) is 18.2 Å². The van der Waals surface area contributed by atoms with E-state index >= 15 is 0 Å². The van der Waals surface area contributed by atoms with E-state index in [4.69, 9.17) is 16.3 Å². The first-order valence-electron chi connectivity index (χ1n) is 7.83. The van der Waals surface area contributed by atoms with Crippen molar-refractivity contribution in [1.29, 1.82) is 0 Å². The molecule has 6 nitrogen and oxygen atoms in total. The van der Waals surface area contributed by atoms with Crippen LogP contribution in [0.1, 0.15) is 16.8 Å². The van der Waals surface area contributed by atoms with Gasteiger partial charge < -0.3 is 4.74 Å². The molecule has 2 aromatic carbocycles. The summed E-state index contributed by atoms with van der Waals surface area (Å²) in [7, 11) is 0. The smallest absolute Gasteiger partial charge is 0.307 e. The van der Waals surface area contributed by atoms with Gasteiger partial charge in [-0.2, -0.15) is 0 Å². The molecule has 0 saturated carbocycles. The monoisotopic (exact) mass is 470 g/mol. The van der Waals surface area contributed by atoms with Gasteiger partial charge in [-0.15, -0.1) is 11.8 Å². The van der Waals surface area contributed by atoms with Gasteiger partial charge in [-0.05, 0) is 36.4 Å². The summed E-state index contributed by atoms with van der Waals surface area (Å²) < 4.78 is 5.71. The summed E-state index contributed by atoms with van der Waals surface area (Å²) in [5, 5.41) is 0.622. The molecule has 0 radical (unpaired) electrons. The van der Waals surface area contributed by atoms with Crippen molar-refractivity contribution in [3.8, 4) is 0 Å². The first kappa shape index (κ1) is 21.3. The zero-order valence-corrected chi connectivity index (χ0v) is 17.2. The molecular weight excluding hydrogens is 456 g/mol. The van der Waals surface area contributed by atoms with Crippen molar-refractivity contribution in [3.63, 3.8) is 0 Å². The van der Waals surface area contributed by atoms with Crippen LogP contribution in [0.25, 0.3) is 0 Å². The van der Waals surface area contributed by atoms with Gasteiger partial charge in [0.15, 0.2) is 6.61 Å². The summed E-state index contributed by atoms with van der Waals surface area (Å²) in [5.74, 6) is -1.14. The molecule has 0 bridgehead atoms. The molecule has 0 unspecified atom stereocenters. The van der Waals surface area contributed by atoms with Crippen LogP contribution in [0.3, 0.4) is 0 Å². The Morgan fingerprint density at radius 2 is 1.74 bits per heavy atom. The molecule has 2 N–H and O–H groups in total. The van der Waals surface area contributed by atoms with Gasteiger partial charge in [-0.1, -0.05) is 39.7 Å². The standard InChI is InChI=1S/C18H16BrClN2O4S/c19-13-7-5-12(6-8-13)18(25)22-21-16(23)11-26-17(24)9-10-27-15-4-2-1-3-14(15)20/h1-8H,9-11H2,(H,21,23)(H,22,25).